The smallest absolute Gasteiger partial charge is 1.00 e. The molecule has 0 spiro atoms. The first-order chi connectivity index (χ1) is 20.7. The summed E-state index contributed by atoms with van der Waals surface area (Å²) in [5.74, 6) is 0.121. The molecule has 6 rings (SSSR count). The van der Waals surface area contributed by atoms with Crippen molar-refractivity contribution in [1.29, 1.82) is 0 Å². The Morgan fingerprint density at radius 3 is 1.70 bits per heavy atom. The quantitative estimate of drug-likeness (QED) is 0.211. The number of ether oxygens (including phenoxy) is 4. The minimum absolute atomic E-state index is 0. The largest absolute Gasteiger partial charge is 2.00 e. The van der Waals surface area contributed by atoms with E-state index in [0.717, 1.165) is 17.4 Å². The van der Waals surface area contributed by atoms with Gasteiger partial charge in [-0.05, 0) is 48.6 Å². The third-order valence-corrected chi connectivity index (χ3v) is 9.36. The third-order valence-electron chi connectivity index (χ3n) is 9.36. The molecule has 11 atom stereocenters. The van der Waals surface area contributed by atoms with Gasteiger partial charge in [0.05, 0.1) is 43.6 Å². The van der Waals surface area contributed by atoms with Gasteiger partial charge in [0.2, 0.25) is 0 Å². The van der Waals surface area contributed by atoms with E-state index in [4.69, 9.17) is 18.9 Å². The number of alkyl carbamates (subject to hydrolysis) is 2. The number of aliphatic hydroxyl groups excluding tert-OH is 1. The van der Waals surface area contributed by atoms with Crippen LogP contribution in [0.1, 0.15) is 44.7 Å². The van der Waals surface area contributed by atoms with Crippen molar-refractivity contribution >= 4 is 41.5 Å². The van der Waals surface area contributed by atoms with Gasteiger partial charge in [-0.15, -0.1) is 0 Å². The molecule has 4 aliphatic rings. The van der Waals surface area contributed by atoms with Crippen LogP contribution in [0.4, 0.5) is 9.59 Å². The Bertz CT molecular complexity index is 1240. The fourth-order valence-electron chi connectivity index (χ4n) is 6.89. The zero-order chi connectivity index (χ0) is 30.5. The topological polar surface area (TPSA) is 132 Å². The summed E-state index contributed by atoms with van der Waals surface area (Å²) in [6.45, 7) is 6.81. The van der Waals surface area contributed by atoms with E-state index in [2.05, 4.69) is 17.6 Å². The fourth-order valence-corrected chi connectivity index (χ4v) is 6.89. The summed E-state index contributed by atoms with van der Waals surface area (Å²) in [5.41, 5.74) is 2.16. The second-order valence-corrected chi connectivity index (χ2v) is 12.1. The Morgan fingerprint density at radius 1 is 0.826 bits per heavy atom. The average Bonchev–Trinajstić information content (AvgIpc) is 3.57. The van der Waals surface area contributed by atoms with Crippen LogP contribution in [0.3, 0.4) is 0 Å². The van der Waals surface area contributed by atoms with Gasteiger partial charge in [-0.2, -0.15) is 0 Å². The van der Waals surface area contributed by atoms with Gasteiger partial charge in [-0.1, -0.05) is 74.5 Å². The van der Waals surface area contributed by atoms with Gasteiger partial charge in [0.1, 0.15) is 18.5 Å². The number of benzene rings is 2. The first kappa shape index (κ1) is 40.0. The Labute approximate surface area is 298 Å². The van der Waals surface area contributed by atoms with Gasteiger partial charge in [-0.25, -0.2) is 9.59 Å². The SMILES string of the molecule is CC(O)[C@H]1C[C@@H]2OC(=O)N[C@@H]2[C@@H](OCc2ccccc2)[C@@H]1C.C[C@H]1[C@H](OCc2ccccc2)[C@H]2NC(=O)O[C@H]2C[C@@H]1C=O.[Br-].[CH3-].[Mg+2]. The van der Waals surface area contributed by atoms with Crippen LogP contribution < -0.4 is 27.6 Å². The predicted molar refractivity (Wildman–Crippen MR) is 169 cm³/mol. The van der Waals surface area contributed by atoms with Crippen molar-refractivity contribution in [3.63, 3.8) is 0 Å². The standard InChI is InChI=1S/C17H23NO4.C16H19NO4.CH3.BrH.Mg/c1-10-13(11(2)19)8-14-15(18-17(20)22-14)16(10)21-9-12-6-4-3-5-7-12;1-10-12(8-18)7-13-14(17-16(19)21-13)15(10)20-9-11-5-3-2-4-6-11;;;/h3-7,10-11,13-16,19H,8-9H2,1-2H3,(H,18,20);2-6,8,10,12-15H,7,9H2,1H3,(H,17,19);1H3;1H;/q;;-1;;+2/p-1/t10-,11?,13+,14+,15+,16+;10-,12-,13+,14+,15+;;;/m11.../s1. The Hall–Kier alpha value is -2.22. The van der Waals surface area contributed by atoms with Crippen molar-refractivity contribution in [2.45, 2.75) is 89.4 Å². The van der Waals surface area contributed by atoms with Crippen LogP contribution in [0, 0.1) is 31.1 Å². The molecule has 2 aromatic carbocycles. The molecule has 2 aliphatic heterocycles. The van der Waals surface area contributed by atoms with E-state index in [1.807, 2.05) is 67.6 Å². The number of nitrogens with one attached hydrogen (secondary N) is 2. The molecular weight excluding hydrogens is 669 g/mol. The Kier molecular flexibility index (Phi) is 15.9. The van der Waals surface area contributed by atoms with Crippen molar-refractivity contribution in [3.8, 4) is 0 Å². The maximum Gasteiger partial charge on any atom is 2.00 e. The van der Waals surface area contributed by atoms with Crippen molar-refractivity contribution in [1.82, 2.24) is 10.6 Å². The van der Waals surface area contributed by atoms with Gasteiger partial charge in [0.25, 0.3) is 0 Å². The van der Waals surface area contributed by atoms with Crippen molar-refractivity contribution in [2.75, 3.05) is 0 Å². The molecule has 248 valence electrons. The number of hydrogen-bond donors (Lipinski definition) is 3. The van der Waals surface area contributed by atoms with Gasteiger partial charge >= 0.3 is 35.2 Å². The number of rotatable bonds is 8. The van der Waals surface area contributed by atoms with E-state index in [1.54, 1.807) is 6.92 Å². The minimum atomic E-state index is -0.446. The van der Waals surface area contributed by atoms with Crippen LogP contribution in [0.5, 0.6) is 0 Å². The van der Waals surface area contributed by atoms with Crippen LogP contribution in [-0.4, -0.2) is 89.2 Å². The molecule has 1 unspecified atom stereocenters. The minimum Gasteiger partial charge on any atom is -1.00 e. The molecule has 10 nitrogen and oxygen atoms in total. The maximum absolute atomic E-state index is 11.6. The van der Waals surface area contributed by atoms with Gasteiger partial charge in [0, 0.05) is 5.92 Å². The van der Waals surface area contributed by atoms with E-state index in [9.17, 15) is 19.5 Å². The summed E-state index contributed by atoms with van der Waals surface area (Å²) in [6.07, 6.45) is 0.0692. The number of fused-ring (bicyclic) bond motifs is 2. The number of aldehydes is 1. The maximum atomic E-state index is 11.6. The summed E-state index contributed by atoms with van der Waals surface area (Å²) < 4.78 is 22.7. The molecule has 3 N–H and O–H groups in total. The molecule has 2 aromatic rings. The molecule has 46 heavy (non-hydrogen) atoms. The number of aliphatic hydroxyl groups is 1. The first-order valence-corrected chi connectivity index (χ1v) is 15.1. The molecule has 2 saturated carbocycles. The fraction of sp³-hybridized carbons (Fsp3) is 0.529. The Morgan fingerprint density at radius 2 is 1.26 bits per heavy atom. The van der Waals surface area contributed by atoms with Gasteiger partial charge in [0.15, 0.2) is 0 Å². The number of amides is 2. The number of carbonyl (C=O) groups excluding carboxylic acids is 3. The summed E-state index contributed by atoms with van der Waals surface area (Å²) in [6, 6.07) is 19.5. The molecule has 2 aliphatic carbocycles. The number of hydrogen-bond acceptors (Lipinski definition) is 8. The Balaban J connectivity index is 0.000000301. The normalized spacial score (nSPS) is 32.8. The molecule has 2 amide bonds. The molecule has 0 radical (unpaired) electrons. The second-order valence-electron chi connectivity index (χ2n) is 12.1. The summed E-state index contributed by atoms with van der Waals surface area (Å²) >= 11 is 0. The van der Waals surface area contributed by atoms with Gasteiger partial charge in [-0.3, -0.25) is 0 Å². The molecule has 0 bridgehead atoms. The third kappa shape index (κ3) is 9.44. The van der Waals surface area contributed by atoms with Gasteiger partial charge < -0.3 is 63.9 Å². The summed E-state index contributed by atoms with van der Waals surface area (Å²) in [7, 11) is 0. The van der Waals surface area contributed by atoms with Crippen LogP contribution in [-0.2, 0) is 37.0 Å². The molecule has 2 saturated heterocycles. The number of carbonyl (C=O) groups is 3. The zero-order valence-electron chi connectivity index (χ0n) is 26.9. The van der Waals surface area contributed by atoms with Crippen molar-refractivity contribution < 1.29 is 55.4 Å². The van der Waals surface area contributed by atoms with Crippen molar-refractivity contribution in [2.24, 2.45) is 23.7 Å². The van der Waals surface area contributed by atoms with Crippen LogP contribution in [0.2, 0.25) is 0 Å². The summed E-state index contributed by atoms with van der Waals surface area (Å²) in [5, 5.41) is 15.7. The van der Waals surface area contributed by atoms with Crippen molar-refractivity contribution in [3.05, 3.63) is 79.2 Å². The predicted octanol–water partition coefficient (Wildman–Crippen LogP) is 1.06. The van der Waals surface area contributed by atoms with E-state index >= 15 is 0 Å². The molecule has 12 heteroatoms. The second kappa shape index (κ2) is 18.4. The zero-order valence-corrected chi connectivity index (χ0v) is 29.9. The van der Waals surface area contributed by atoms with E-state index in [0.29, 0.717) is 26.1 Å². The van der Waals surface area contributed by atoms with Crippen LogP contribution in [0.15, 0.2) is 60.7 Å². The monoisotopic (exact) mass is 712 g/mol. The van der Waals surface area contributed by atoms with E-state index in [-0.39, 0.29) is 114 Å². The number of halogens is 1. The van der Waals surface area contributed by atoms with E-state index < -0.39 is 12.2 Å². The van der Waals surface area contributed by atoms with E-state index in [1.165, 1.54) is 0 Å². The molecule has 4 fully saturated rings. The summed E-state index contributed by atoms with van der Waals surface area (Å²) in [4.78, 5) is 34.3. The molecule has 2 heterocycles. The van der Waals surface area contributed by atoms with Crippen LogP contribution in [0.25, 0.3) is 0 Å². The molecule has 0 aromatic heterocycles. The first-order valence-electron chi connectivity index (χ1n) is 15.1. The average molecular weight is 714 g/mol. The molecular formula is C34H45BrMgN2O8. The van der Waals surface area contributed by atoms with Crippen LogP contribution >= 0.6 is 0 Å².